The fraction of sp³-hybridized carbons (Fsp3) is 0.176. The minimum Gasteiger partial charge on any atom is -0.497 e. The number of hydrogen-bond acceptors (Lipinski definition) is 3. The van der Waals surface area contributed by atoms with E-state index in [1.807, 2.05) is 24.3 Å². The van der Waals surface area contributed by atoms with Gasteiger partial charge in [0.15, 0.2) is 0 Å². The molecule has 0 saturated heterocycles. The van der Waals surface area contributed by atoms with Crippen LogP contribution < -0.4 is 15.4 Å². The van der Waals surface area contributed by atoms with E-state index in [-0.39, 0.29) is 18.4 Å². The number of benzene rings is 2. The summed E-state index contributed by atoms with van der Waals surface area (Å²) in [5, 5.41) is 5.62. The molecule has 2 aromatic carbocycles. The molecule has 120 valence electrons. The van der Waals surface area contributed by atoms with Gasteiger partial charge in [0.05, 0.1) is 24.2 Å². The average molecular weight is 333 g/mol. The van der Waals surface area contributed by atoms with Crippen molar-refractivity contribution >= 4 is 23.4 Å². The standard InChI is InChI=1S/C17H17ClN2O3/c1-23-13-6-4-5-12(9-13)10-19-16(21)11-20-17(22)14-7-2-3-8-15(14)18/h2-9H,10-11H2,1H3,(H,19,21)(H,20,22). The summed E-state index contributed by atoms with van der Waals surface area (Å²) in [5.41, 5.74) is 1.25. The lowest BCUT2D eigenvalue weighted by atomic mass is 10.2. The van der Waals surface area contributed by atoms with Gasteiger partial charge in [-0.05, 0) is 29.8 Å². The third-order valence-electron chi connectivity index (χ3n) is 3.15. The van der Waals surface area contributed by atoms with Crippen LogP contribution in [0.3, 0.4) is 0 Å². The van der Waals surface area contributed by atoms with E-state index in [0.717, 1.165) is 11.3 Å². The van der Waals surface area contributed by atoms with Gasteiger partial charge in [-0.2, -0.15) is 0 Å². The molecule has 0 aliphatic heterocycles. The fourth-order valence-corrected chi connectivity index (χ4v) is 2.17. The molecule has 0 spiro atoms. The van der Waals surface area contributed by atoms with Gasteiger partial charge in [-0.25, -0.2) is 0 Å². The molecule has 2 N–H and O–H groups in total. The van der Waals surface area contributed by atoms with Crippen LogP contribution in [-0.4, -0.2) is 25.5 Å². The van der Waals surface area contributed by atoms with E-state index < -0.39 is 0 Å². The summed E-state index contributed by atoms with van der Waals surface area (Å²) in [6.07, 6.45) is 0. The number of ether oxygens (including phenoxy) is 1. The number of rotatable bonds is 6. The monoisotopic (exact) mass is 332 g/mol. The Morgan fingerprint density at radius 3 is 2.61 bits per heavy atom. The molecule has 0 unspecified atom stereocenters. The number of carbonyl (C=O) groups excluding carboxylic acids is 2. The Kier molecular flexibility index (Phi) is 6.00. The highest BCUT2D eigenvalue weighted by Gasteiger charge is 2.10. The first kappa shape index (κ1) is 16.8. The average Bonchev–Trinajstić information content (AvgIpc) is 2.58. The molecule has 0 fully saturated rings. The van der Waals surface area contributed by atoms with Crippen LogP contribution in [0.5, 0.6) is 5.75 Å². The van der Waals surface area contributed by atoms with E-state index in [4.69, 9.17) is 16.3 Å². The van der Waals surface area contributed by atoms with E-state index >= 15 is 0 Å². The first-order chi connectivity index (χ1) is 11.1. The molecular formula is C17H17ClN2O3. The normalized spacial score (nSPS) is 10.0. The van der Waals surface area contributed by atoms with Gasteiger partial charge >= 0.3 is 0 Å². The molecule has 0 atom stereocenters. The van der Waals surface area contributed by atoms with Gasteiger partial charge in [0.2, 0.25) is 5.91 Å². The van der Waals surface area contributed by atoms with Crippen molar-refractivity contribution in [2.75, 3.05) is 13.7 Å². The largest absolute Gasteiger partial charge is 0.497 e. The lowest BCUT2D eigenvalue weighted by molar-refractivity contribution is -0.120. The number of nitrogens with one attached hydrogen (secondary N) is 2. The van der Waals surface area contributed by atoms with Crippen LogP contribution in [0, 0.1) is 0 Å². The Morgan fingerprint density at radius 1 is 1.09 bits per heavy atom. The zero-order valence-electron chi connectivity index (χ0n) is 12.6. The van der Waals surface area contributed by atoms with Gasteiger partial charge in [-0.1, -0.05) is 35.9 Å². The minimum atomic E-state index is -0.382. The smallest absolute Gasteiger partial charge is 0.253 e. The molecule has 0 aliphatic rings. The molecule has 2 rings (SSSR count). The second kappa shape index (κ2) is 8.19. The molecule has 0 heterocycles. The molecule has 0 radical (unpaired) electrons. The van der Waals surface area contributed by atoms with Gasteiger partial charge in [0.25, 0.3) is 5.91 Å². The number of methoxy groups -OCH3 is 1. The van der Waals surface area contributed by atoms with Crippen LogP contribution in [-0.2, 0) is 11.3 Å². The highest BCUT2D eigenvalue weighted by atomic mass is 35.5. The first-order valence-corrected chi connectivity index (χ1v) is 7.40. The van der Waals surface area contributed by atoms with Gasteiger partial charge in [-0.15, -0.1) is 0 Å². The van der Waals surface area contributed by atoms with Gasteiger partial charge < -0.3 is 15.4 Å². The Morgan fingerprint density at radius 2 is 1.87 bits per heavy atom. The van der Waals surface area contributed by atoms with Gasteiger partial charge in [-0.3, -0.25) is 9.59 Å². The molecule has 0 bridgehead atoms. The topological polar surface area (TPSA) is 67.4 Å². The number of halogens is 1. The summed E-state index contributed by atoms with van der Waals surface area (Å²) >= 11 is 5.93. The van der Waals surface area contributed by atoms with Crippen molar-refractivity contribution in [3.05, 3.63) is 64.7 Å². The Balaban J connectivity index is 1.81. The van der Waals surface area contributed by atoms with Crippen molar-refractivity contribution in [2.24, 2.45) is 0 Å². The minimum absolute atomic E-state index is 0.117. The van der Waals surface area contributed by atoms with Crippen LogP contribution in [0.25, 0.3) is 0 Å². The highest BCUT2D eigenvalue weighted by molar-refractivity contribution is 6.33. The lowest BCUT2D eigenvalue weighted by Gasteiger charge is -2.08. The SMILES string of the molecule is COc1cccc(CNC(=O)CNC(=O)c2ccccc2Cl)c1. The van der Waals surface area contributed by atoms with E-state index in [2.05, 4.69) is 10.6 Å². The summed E-state index contributed by atoms with van der Waals surface area (Å²) in [4.78, 5) is 23.7. The summed E-state index contributed by atoms with van der Waals surface area (Å²) < 4.78 is 5.12. The maximum absolute atomic E-state index is 11.9. The molecular weight excluding hydrogens is 316 g/mol. The maximum atomic E-state index is 11.9. The second-order valence-electron chi connectivity index (χ2n) is 4.79. The third-order valence-corrected chi connectivity index (χ3v) is 3.48. The van der Waals surface area contributed by atoms with E-state index in [0.29, 0.717) is 17.1 Å². The molecule has 2 aromatic rings. The Labute approximate surface area is 139 Å². The Bertz CT molecular complexity index is 704. The van der Waals surface area contributed by atoms with Gasteiger partial charge in [0, 0.05) is 6.54 Å². The van der Waals surface area contributed by atoms with E-state index in [1.165, 1.54) is 0 Å². The van der Waals surface area contributed by atoms with E-state index in [9.17, 15) is 9.59 Å². The first-order valence-electron chi connectivity index (χ1n) is 7.02. The fourth-order valence-electron chi connectivity index (χ4n) is 1.95. The summed E-state index contributed by atoms with van der Waals surface area (Å²) in [6.45, 7) is 0.242. The zero-order valence-corrected chi connectivity index (χ0v) is 13.4. The summed E-state index contributed by atoms with van der Waals surface area (Å²) in [7, 11) is 1.59. The van der Waals surface area contributed by atoms with E-state index in [1.54, 1.807) is 31.4 Å². The lowest BCUT2D eigenvalue weighted by Crippen LogP contribution is -2.36. The van der Waals surface area contributed by atoms with Crippen molar-refractivity contribution < 1.29 is 14.3 Å². The van der Waals surface area contributed by atoms with Crippen molar-refractivity contribution in [3.8, 4) is 5.75 Å². The van der Waals surface area contributed by atoms with Crippen LogP contribution >= 0.6 is 11.6 Å². The number of amides is 2. The predicted octanol–water partition coefficient (Wildman–Crippen LogP) is 2.39. The van der Waals surface area contributed by atoms with Crippen LogP contribution in [0.1, 0.15) is 15.9 Å². The van der Waals surface area contributed by atoms with Crippen LogP contribution in [0.4, 0.5) is 0 Å². The summed E-state index contributed by atoms with van der Waals surface area (Å²) in [6, 6.07) is 14.1. The quantitative estimate of drug-likeness (QED) is 0.853. The third kappa shape index (κ3) is 5.00. The van der Waals surface area contributed by atoms with Crippen molar-refractivity contribution in [2.45, 2.75) is 6.54 Å². The molecule has 5 nitrogen and oxygen atoms in total. The van der Waals surface area contributed by atoms with Gasteiger partial charge in [0.1, 0.15) is 5.75 Å². The molecule has 0 aromatic heterocycles. The van der Waals surface area contributed by atoms with Crippen LogP contribution in [0.15, 0.2) is 48.5 Å². The van der Waals surface area contributed by atoms with Crippen molar-refractivity contribution in [1.82, 2.24) is 10.6 Å². The maximum Gasteiger partial charge on any atom is 0.253 e. The number of hydrogen-bond donors (Lipinski definition) is 2. The zero-order chi connectivity index (χ0) is 16.7. The van der Waals surface area contributed by atoms with Crippen molar-refractivity contribution in [1.29, 1.82) is 0 Å². The highest BCUT2D eigenvalue weighted by Crippen LogP contribution is 2.14. The number of carbonyl (C=O) groups is 2. The Hall–Kier alpha value is -2.53. The molecule has 0 saturated carbocycles. The molecule has 23 heavy (non-hydrogen) atoms. The predicted molar refractivity (Wildman–Crippen MR) is 88.6 cm³/mol. The molecule has 0 aliphatic carbocycles. The van der Waals surface area contributed by atoms with Crippen LogP contribution in [0.2, 0.25) is 5.02 Å². The second-order valence-corrected chi connectivity index (χ2v) is 5.20. The molecule has 2 amide bonds. The molecule has 6 heteroatoms. The summed E-state index contributed by atoms with van der Waals surface area (Å²) in [5.74, 6) is 0.0594. The van der Waals surface area contributed by atoms with Crippen molar-refractivity contribution in [3.63, 3.8) is 0 Å².